The van der Waals surface area contributed by atoms with E-state index in [2.05, 4.69) is 0 Å². The van der Waals surface area contributed by atoms with Gasteiger partial charge in [-0.15, -0.1) is 0 Å². The molecule has 4 aliphatic rings. The molecule has 42 heavy (non-hydrogen) atoms. The Labute approximate surface area is 240 Å². The fraction of sp³-hybridized carbons (Fsp3) is 1.00. The summed E-state index contributed by atoms with van der Waals surface area (Å²) in [4.78, 5) is 0. The largest absolute Gasteiger partial charge is 0.394 e. The van der Waals surface area contributed by atoms with Gasteiger partial charge in [-0.05, 0) is 6.42 Å². The zero-order chi connectivity index (χ0) is 31.0. The van der Waals surface area contributed by atoms with E-state index in [0.717, 1.165) is 0 Å². The lowest BCUT2D eigenvalue weighted by atomic mass is 9.84. The average Bonchev–Trinajstić information content (AvgIpc) is 3.27. The second-order valence-electron chi connectivity index (χ2n) is 11.2. The molecule has 246 valence electrons. The smallest absolute Gasteiger partial charge is 0.187 e. The number of aliphatic hydroxyl groups is 8. The lowest BCUT2D eigenvalue weighted by molar-refractivity contribution is -0.310. The van der Waals surface area contributed by atoms with E-state index in [4.69, 9.17) is 57.1 Å². The Hall–Kier alpha value is -0.760. The molecule has 0 aromatic rings. The van der Waals surface area contributed by atoms with Gasteiger partial charge in [0.1, 0.15) is 67.1 Å². The lowest BCUT2D eigenvalue weighted by Crippen LogP contribution is -2.68. The molecular weight excluding hydrogens is 570 g/mol. The van der Waals surface area contributed by atoms with Crippen molar-refractivity contribution in [1.82, 2.24) is 0 Å². The van der Waals surface area contributed by atoms with Crippen LogP contribution in [0.1, 0.15) is 6.42 Å². The maximum Gasteiger partial charge on any atom is 0.187 e. The molecule has 3 saturated heterocycles. The van der Waals surface area contributed by atoms with E-state index in [1.807, 2.05) is 0 Å². The standard InChI is InChI=1S/C23H45N5O14/c24-2-7-13(32)15(34)10(27)21(37-7)41-19-9(4-30)39-23(17(19)36)42-20-12(31)5(25)1-6(26)18(20)40-22-11(28)16(35)14(33)8(3-29)38-22/h5-23,29-36H,1-4,24-28H2/t5-,6?,7?,8?,9-,10?,11+,12-,13-,14-,15?,16?,17?,18-,19+,20?,21-,22-,23+/m1/s1. The summed E-state index contributed by atoms with van der Waals surface area (Å²) < 4.78 is 34.4. The second kappa shape index (κ2) is 14.1. The summed E-state index contributed by atoms with van der Waals surface area (Å²) in [7, 11) is 0. The molecule has 0 aromatic heterocycles. The maximum absolute atomic E-state index is 11.1. The number of hydrogen-bond donors (Lipinski definition) is 13. The summed E-state index contributed by atoms with van der Waals surface area (Å²) in [5.41, 5.74) is 29.9. The van der Waals surface area contributed by atoms with Crippen molar-refractivity contribution in [2.75, 3.05) is 19.8 Å². The molecule has 1 aliphatic carbocycles. The third kappa shape index (κ3) is 6.60. The van der Waals surface area contributed by atoms with Gasteiger partial charge in [-0.2, -0.15) is 0 Å². The molecule has 0 aromatic carbocycles. The molecule has 0 radical (unpaired) electrons. The predicted molar refractivity (Wildman–Crippen MR) is 136 cm³/mol. The maximum atomic E-state index is 11.1. The van der Waals surface area contributed by atoms with Crippen LogP contribution in [0.2, 0.25) is 0 Å². The zero-order valence-electron chi connectivity index (χ0n) is 22.7. The molecule has 0 bridgehead atoms. The third-order valence-electron chi connectivity index (χ3n) is 8.32. The molecule has 0 amide bonds. The topological polar surface area (TPSA) is 347 Å². The van der Waals surface area contributed by atoms with E-state index in [1.54, 1.807) is 0 Å². The van der Waals surface area contributed by atoms with Crippen molar-refractivity contribution in [1.29, 1.82) is 0 Å². The predicted octanol–water partition coefficient (Wildman–Crippen LogP) is -8.86. The normalized spacial score (nSPS) is 53.8. The number of aliphatic hydroxyl groups excluding tert-OH is 8. The fourth-order valence-electron chi connectivity index (χ4n) is 5.70. The van der Waals surface area contributed by atoms with Gasteiger partial charge in [0, 0.05) is 18.6 Å². The molecule has 18 N–H and O–H groups in total. The summed E-state index contributed by atoms with van der Waals surface area (Å²) in [6, 6.07) is -4.30. The molecule has 1 saturated carbocycles. The quantitative estimate of drug-likeness (QED) is 0.114. The lowest BCUT2D eigenvalue weighted by Gasteiger charge is -2.47. The first-order valence-electron chi connectivity index (χ1n) is 13.8. The van der Waals surface area contributed by atoms with Crippen LogP contribution in [0.25, 0.3) is 0 Å². The van der Waals surface area contributed by atoms with Crippen molar-refractivity contribution >= 4 is 0 Å². The highest BCUT2D eigenvalue weighted by atomic mass is 16.8. The molecule has 4 fully saturated rings. The Morgan fingerprint density at radius 3 is 1.55 bits per heavy atom. The Morgan fingerprint density at radius 2 is 1.00 bits per heavy atom. The Morgan fingerprint density at radius 1 is 0.524 bits per heavy atom. The summed E-state index contributed by atoms with van der Waals surface area (Å²) in [5, 5.41) is 82.3. The Balaban J connectivity index is 1.50. The molecule has 3 heterocycles. The minimum Gasteiger partial charge on any atom is -0.394 e. The molecule has 3 aliphatic heterocycles. The van der Waals surface area contributed by atoms with Crippen LogP contribution < -0.4 is 28.7 Å². The third-order valence-corrected chi connectivity index (χ3v) is 8.32. The van der Waals surface area contributed by atoms with Crippen LogP contribution in [0.5, 0.6) is 0 Å². The van der Waals surface area contributed by atoms with E-state index in [1.165, 1.54) is 0 Å². The van der Waals surface area contributed by atoms with Crippen LogP contribution >= 0.6 is 0 Å². The molecule has 4 rings (SSSR count). The summed E-state index contributed by atoms with van der Waals surface area (Å²) >= 11 is 0. The van der Waals surface area contributed by atoms with Crippen molar-refractivity contribution in [3.05, 3.63) is 0 Å². The SMILES string of the molecule is NCC1O[C@H](O[C@@H]2C(O)[C@H](OC3[C@H](O[C@H]4OC(CO)[C@@H](O)C(O)[C@@H]4N)C(N)C[C@@H](N)[C@H]3O)O[C@@H]2CO)C(N)C(O)[C@@H]1O. The highest BCUT2D eigenvalue weighted by Gasteiger charge is 2.54. The van der Waals surface area contributed by atoms with Gasteiger partial charge in [-0.25, -0.2) is 0 Å². The van der Waals surface area contributed by atoms with Crippen molar-refractivity contribution in [2.45, 2.75) is 123 Å². The van der Waals surface area contributed by atoms with E-state index >= 15 is 0 Å². The van der Waals surface area contributed by atoms with Crippen molar-refractivity contribution in [3.63, 3.8) is 0 Å². The number of nitrogens with two attached hydrogens (primary N) is 5. The van der Waals surface area contributed by atoms with Gasteiger partial charge in [-0.1, -0.05) is 0 Å². The van der Waals surface area contributed by atoms with Gasteiger partial charge in [-0.3, -0.25) is 0 Å². The van der Waals surface area contributed by atoms with Gasteiger partial charge in [0.05, 0.1) is 31.4 Å². The molecule has 8 unspecified atom stereocenters. The van der Waals surface area contributed by atoms with Gasteiger partial charge in [0.15, 0.2) is 18.9 Å². The zero-order valence-corrected chi connectivity index (χ0v) is 22.7. The first-order valence-corrected chi connectivity index (χ1v) is 13.8. The molecule has 19 heteroatoms. The van der Waals surface area contributed by atoms with Crippen molar-refractivity contribution in [3.8, 4) is 0 Å². The van der Waals surface area contributed by atoms with Crippen LogP contribution in [0.15, 0.2) is 0 Å². The first-order chi connectivity index (χ1) is 19.8. The first kappa shape index (κ1) is 34.1. The Kier molecular flexibility index (Phi) is 11.5. The summed E-state index contributed by atoms with van der Waals surface area (Å²) in [6.07, 6.45) is -20.5. The molecule has 19 atom stereocenters. The van der Waals surface area contributed by atoms with Crippen LogP contribution in [0.4, 0.5) is 0 Å². The Bertz CT molecular complexity index is 866. The van der Waals surface area contributed by atoms with Crippen LogP contribution in [-0.2, 0) is 28.4 Å². The van der Waals surface area contributed by atoms with Crippen LogP contribution in [0, 0.1) is 0 Å². The summed E-state index contributed by atoms with van der Waals surface area (Å²) in [6.45, 7) is -1.49. The number of rotatable bonds is 9. The minimum atomic E-state index is -1.62. The van der Waals surface area contributed by atoms with E-state index in [0.29, 0.717) is 0 Å². The van der Waals surface area contributed by atoms with Crippen molar-refractivity contribution < 1.29 is 69.3 Å². The molecule has 19 nitrogen and oxygen atoms in total. The fourth-order valence-corrected chi connectivity index (χ4v) is 5.70. The molecule has 0 spiro atoms. The highest BCUT2D eigenvalue weighted by molar-refractivity contribution is 5.02. The van der Waals surface area contributed by atoms with Gasteiger partial charge >= 0.3 is 0 Å². The van der Waals surface area contributed by atoms with E-state index in [9.17, 15) is 40.9 Å². The van der Waals surface area contributed by atoms with Crippen LogP contribution in [0.3, 0.4) is 0 Å². The van der Waals surface area contributed by atoms with Gasteiger partial charge in [0.25, 0.3) is 0 Å². The van der Waals surface area contributed by atoms with Gasteiger partial charge < -0.3 is 97.9 Å². The summed E-state index contributed by atoms with van der Waals surface area (Å²) in [5.74, 6) is 0. The van der Waals surface area contributed by atoms with E-state index in [-0.39, 0.29) is 13.0 Å². The number of ether oxygens (including phenoxy) is 6. The monoisotopic (exact) mass is 615 g/mol. The number of hydrogen-bond acceptors (Lipinski definition) is 19. The minimum absolute atomic E-state index is 0.0642. The van der Waals surface area contributed by atoms with Crippen molar-refractivity contribution in [2.24, 2.45) is 28.7 Å². The van der Waals surface area contributed by atoms with Crippen LogP contribution in [-0.4, -0.2) is 177 Å². The molecular formula is C23H45N5O14. The van der Waals surface area contributed by atoms with Gasteiger partial charge in [0.2, 0.25) is 0 Å². The average molecular weight is 616 g/mol. The highest BCUT2D eigenvalue weighted by Crippen LogP contribution is 2.34. The van der Waals surface area contributed by atoms with E-state index < -0.39 is 129 Å². The second-order valence-corrected chi connectivity index (χ2v) is 11.2.